The maximum Gasteiger partial charge on any atom is 0.303 e. The number of hydrogen-bond donors (Lipinski definition) is 4. The SMILES string of the molecule is CCCCCCCCOc1ccc(C(C)(C)CC)cc1NC(=O)c1cc(Oc2ccc(NC(=O)CCC(=O)O)cc2)c2ccccc2c1O. The van der Waals surface area contributed by atoms with Crippen molar-refractivity contribution in [3.63, 3.8) is 0 Å². The van der Waals surface area contributed by atoms with Gasteiger partial charge in [0.15, 0.2) is 0 Å². The minimum atomic E-state index is -1.04. The predicted octanol–water partition coefficient (Wildman–Crippen LogP) is 9.82. The zero-order valence-electron chi connectivity index (χ0n) is 28.9. The Labute approximate surface area is 288 Å². The highest BCUT2D eigenvalue weighted by atomic mass is 16.5. The van der Waals surface area contributed by atoms with Crippen molar-refractivity contribution in [3.8, 4) is 23.0 Å². The zero-order chi connectivity index (χ0) is 35.4. The number of phenolic OH excluding ortho intramolecular Hbond substituents is 1. The lowest BCUT2D eigenvalue weighted by Gasteiger charge is -2.25. The molecule has 0 saturated carbocycles. The van der Waals surface area contributed by atoms with Crippen LogP contribution in [0.2, 0.25) is 0 Å². The summed E-state index contributed by atoms with van der Waals surface area (Å²) in [4.78, 5) is 36.7. The predicted molar refractivity (Wildman–Crippen MR) is 194 cm³/mol. The van der Waals surface area contributed by atoms with Crippen molar-refractivity contribution in [2.24, 2.45) is 0 Å². The van der Waals surface area contributed by atoms with E-state index < -0.39 is 17.8 Å². The lowest BCUT2D eigenvalue weighted by Crippen LogP contribution is -2.18. The first kappa shape index (κ1) is 36.8. The molecule has 2 amide bonds. The molecule has 260 valence electrons. The molecule has 0 atom stereocenters. The van der Waals surface area contributed by atoms with Gasteiger partial charge >= 0.3 is 5.97 Å². The molecule has 9 nitrogen and oxygen atoms in total. The summed E-state index contributed by atoms with van der Waals surface area (Å²) in [5.74, 6) is -0.759. The molecule has 0 aliphatic carbocycles. The number of ether oxygens (including phenoxy) is 2. The lowest BCUT2D eigenvalue weighted by atomic mass is 9.82. The molecule has 0 bridgehead atoms. The summed E-state index contributed by atoms with van der Waals surface area (Å²) in [5, 5.41) is 26.9. The van der Waals surface area contributed by atoms with E-state index in [2.05, 4.69) is 38.3 Å². The third-order valence-electron chi connectivity index (χ3n) is 8.80. The summed E-state index contributed by atoms with van der Waals surface area (Å²) in [6.07, 6.45) is 7.35. The van der Waals surface area contributed by atoms with Crippen LogP contribution in [0.3, 0.4) is 0 Å². The Morgan fingerprint density at radius 2 is 1.47 bits per heavy atom. The first-order chi connectivity index (χ1) is 23.5. The molecule has 0 heterocycles. The number of nitrogens with one attached hydrogen (secondary N) is 2. The molecule has 4 aromatic carbocycles. The van der Waals surface area contributed by atoms with Gasteiger partial charge in [0.25, 0.3) is 5.91 Å². The Kier molecular flexibility index (Phi) is 13.0. The van der Waals surface area contributed by atoms with Gasteiger partial charge in [-0.15, -0.1) is 0 Å². The molecule has 0 saturated heterocycles. The van der Waals surface area contributed by atoms with Crippen LogP contribution >= 0.6 is 0 Å². The number of aliphatic carboxylic acids is 1. The Balaban J connectivity index is 1.58. The molecular formula is C40H48N2O7. The number of amides is 2. The fraction of sp³-hybridized carbons (Fsp3) is 0.375. The Bertz CT molecular complexity index is 1750. The quantitative estimate of drug-likeness (QED) is 0.0776. The van der Waals surface area contributed by atoms with Crippen molar-refractivity contribution in [2.45, 2.75) is 90.9 Å². The average Bonchev–Trinajstić information content (AvgIpc) is 3.09. The molecule has 4 aromatic rings. The first-order valence-electron chi connectivity index (χ1n) is 17.1. The van der Waals surface area contributed by atoms with Crippen molar-refractivity contribution in [2.75, 3.05) is 17.2 Å². The van der Waals surface area contributed by atoms with Crippen LogP contribution < -0.4 is 20.1 Å². The lowest BCUT2D eigenvalue weighted by molar-refractivity contribution is -0.138. The minimum Gasteiger partial charge on any atom is -0.506 e. The topological polar surface area (TPSA) is 134 Å². The minimum absolute atomic E-state index is 0.0399. The van der Waals surface area contributed by atoms with Gasteiger partial charge in [-0.3, -0.25) is 14.4 Å². The second kappa shape index (κ2) is 17.4. The molecule has 9 heteroatoms. The van der Waals surface area contributed by atoms with E-state index in [4.69, 9.17) is 14.6 Å². The van der Waals surface area contributed by atoms with E-state index in [9.17, 15) is 19.5 Å². The molecule has 4 N–H and O–H groups in total. The smallest absolute Gasteiger partial charge is 0.303 e. The second-order valence-electron chi connectivity index (χ2n) is 12.9. The fourth-order valence-corrected chi connectivity index (χ4v) is 5.39. The number of rotatable bonds is 18. The summed E-state index contributed by atoms with van der Waals surface area (Å²) in [7, 11) is 0. The second-order valence-corrected chi connectivity index (χ2v) is 12.9. The van der Waals surface area contributed by atoms with Crippen molar-refractivity contribution in [1.29, 1.82) is 0 Å². The van der Waals surface area contributed by atoms with Gasteiger partial charge in [-0.25, -0.2) is 0 Å². The van der Waals surface area contributed by atoms with Crippen molar-refractivity contribution >= 4 is 39.9 Å². The third-order valence-corrected chi connectivity index (χ3v) is 8.80. The van der Waals surface area contributed by atoms with Crippen LogP contribution in [0.4, 0.5) is 11.4 Å². The molecular weight excluding hydrogens is 620 g/mol. The highest BCUT2D eigenvalue weighted by Crippen LogP contribution is 2.40. The van der Waals surface area contributed by atoms with Crippen molar-refractivity contribution in [1.82, 2.24) is 0 Å². The maximum absolute atomic E-state index is 13.9. The van der Waals surface area contributed by atoms with Crippen LogP contribution in [0.1, 0.15) is 101 Å². The van der Waals surface area contributed by atoms with Gasteiger partial charge < -0.3 is 30.3 Å². The highest BCUT2D eigenvalue weighted by Gasteiger charge is 2.23. The molecule has 0 radical (unpaired) electrons. The molecule has 0 unspecified atom stereocenters. The number of fused-ring (bicyclic) bond motifs is 1. The number of aromatic hydroxyl groups is 1. The van der Waals surface area contributed by atoms with E-state index in [-0.39, 0.29) is 29.6 Å². The standard InChI is InChI=1S/C40H48N2O7/c1-5-7-8-9-10-13-24-48-34-21-16-27(40(3,4)6-2)25-33(34)42-39(47)32-26-35(30-14-11-12-15-31(30)38(32)46)49-29-19-17-28(18-20-29)41-36(43)22-23-37(44)45/h11-12,14-21,25-26,46H,5-10,13,22-24H2,1-4H3,(H,41,43)(H,42,47)(H,44,45). The van der Waals surface area contributed by atoms with E-state index in [0.717, 1.165) is 24.8 Å². The number of unbranched alkanes of at least 4 members (excludes halogenated alkanes) is 5. The van der Waals surface area contributed by atoms with Crippen LogP contribution in [0.25, 0.3) is 10.8 Å². The van der Waals surface area contributed by atoms with Crippen molar-refractivity contribution in [3.05, 3.63) is 83.9 Å². The summed E-state index contributed by atoms with van der Waals surface area (Å²) in [5.41, 5.74) is 2.00. The average molecular weight is 669 g/mol. The number of carboxylic acids is 1. The van der Waals surface area contributed by atoms with Crippen LogP contribution in [0.15, 0.2) is 72.8 Å². The van der Waals surface area contributed by atoms with Crippen LogP contribution in [0, 0.1) is 0 Å². The van der Waals surface area contributed by atoms with E-state index >= 15 is 0 Å². The summed E-state index contributed by atoms with van der Waals surface area (Å²) < 4.78 is 12.4. The number of phenols is 1. The number of anilines is 2. The molecule has 49 heavy (non-hydrogen) atoms. The van der Waals surface area contributed by atoms with Crippen LogP contribution in [-0.2, 0) is 15.0 Å². The van der Waals surface area contributed by atoms with E-state index in [1.54, 1.807) is 42.5 Å². The number of carbonyl (C=O) groups excluding carboxylic acids is 2. The van der Waals surface area contributed by atoms with Gasteiger partial charge in [-0.1, -0.05) is 90.1 Å². The molecule has 0 aliphatic rings. The third kappa shape index (κ3) is 10.2. The zero-order valence-corrected chi connectivity index (χ0v) is 28.9. The van der Waals surface area contributed by atoms with Gasteiger partial charge in [0.2, 0.25) is 5.91 Å². The van der Waals surface area contributed by atoms with Gasteiger partial charge in [0.05, 0.1) is 24.3 Å². The first-order valence-corrected chi connectivity index (χ1v) is 17.1. The molecule has 4 rings (SSSR count). The van der Waals surface area contributed by atoms with Crippen LogP contribution in [-0.4, -0.2) is 34.6 Å². The van der Waals surface area contributed by atoms with Gasteiger partial charge in [0, 0.05) is 22.9 Å². The summed E-state index contributed by atoms with van der Waals surface area (Å²) >= 11 is 0. The molecule has 0 aliphatic heterocycles. The summed E-state index contributed by atoms with van der Waals surface area (Å²) in [6.45, 7) is 9.18. The van der Waals surface area contributed by atoms with Gasteiger partial charge in [0.1, 0.15) is 23.0 Å². The van der Waals surface area contributed by atoms with Crippen molar-refractivity contribution < 1.29 is 34.1 Å². The highest BCUT2D eigenvalue weighted by molar-refractivity contribution is 6.11. The number of benzene rings is 4. The van der Waals surface area contributed by atoms with Gasteiger partial charge in [-0.2, -0.15) is 0 Å². The molecule has 0 spiro atoms. The number of carboxylic acid groups (broad SMARTS) is 1. The van der Waals surface area contributed by atoms with E-state index in [1.165, 1.54) is 31.7 Å². The fourth-order valence-electron chi connectivity index (χ4n) is 5.39. The normalized spacial score (nSPS) is 11.3. The number of hydrogen-bond acceptors (Lipinski definition) is 6. The largest absolute Gasteiger partial charge is 0.506 e. The monoisotopic (exact) mass is 668 g/mol. The summed E-state index contributed by atoms with van der Waals surface area (Å²) in [6, 6.07) is 21.1. The molecule has 0 aromatic heterocycles. The van der Waals surface area contributed by atoms with Gasteiger partial charge in [-0.05, 0) is 66.3 Å². The van der Waals surface area contributed by atoms with E-state index in [0.29, 0.717) is 46.0 Å². The number of carbonyl (C=O) groups is 3. The Morgan fingerprint density at radius 3 is 2.16 bits per heavy atom. The Morgan fingerprint density at radius 1 is 0.776 bits per heavy atom. The maximum atomic E-state index is 13.9. The van der Waals surface area contributed by atoms with E-state index in [1.807, 2.05) is 24.3 Å². The Hall–Kier alpha value is -5.05. The molecule has 0 fully saturated rings. The van der Waals surface area contributed by atoms with Crippen LogP contribution in [0.5, 0.6) is 23.0 Å².